The van der Waals surface area contributed by atoms with E-state index in [1.807, 2.05) is 0 Å². The molecule has 0 aliphatic heterocycles. The van der Waals surface area contributed by atoms with E-state index in [1.165, 1.54) is 6.08 Å². The summed E-state index contributed by atoms with van der Waals surface area (Å²) < 4.78 is 4.76. The van der Waals surface area contributed by atoms with Crippen molar-refractivity contribution in [3.8, 4) is 0 Å². The molecule has 0 aromatic rings. The number of hydrogen-bond acceptors (Lipinski definition) is 4. The molecule has 1 atom stereocenters. The lowest BCUT2D eigenvalue weighted by Crippen LogP contribution is -2.04. The zero-order valence-corrected chi connectivity index (χ0v) is 10.3. The third kappa shape index (κ3) is 8.51. The molecule has 0 amide bonds. The van der Waals surface area contributed by atoms with Gasteiger partial charge in [0.1, 0.15) is 0 Å². The van der Waals surface area contributed by atoms with Crippen LogP contribution in [0, 0.1) is 0 Å². The number of esters is 1. The number of aliphatic hydroxyl groups is 1. The summed E-state index contributed by atoms with van der Waals surface area (Å²) in [5.74, 6) is -0.302. The lowest BCUT2D eigenvalue weighted by Gasteiger charge is -2.10. The Balaban J connectivity index is 3.81. The van der Waals surface area contributed by atoms with E-state index in [0.29, 0.717) is 11.9 Å². The molecule has 0 aliphatic rings. The zero-order chi connectivity index (χ0) is 11.5. The minimum absolute atomic E-state index is 0.199. The van der Waals surface area contributed by atoms with Gasteiger partial charge in [0.25, 0.3) is 0 Å². The first-order valence-electron chi connectivity index (χ1n) is 5.34. The summed E-state index contributed by atoms with van der Waals surface area (Å²) >= 11 is 1.58. The molecule has 0 aromatic heterocycles. The van der Waals surface area contributed by atoms with Gasteiger partial charge in [-0.3, -0.25) is 0 Å². The van der Waals surface area contributed by atoms with Crippen LogP contribution >= 0.6 is 11.8 Å². The molecule has 0 saturated carbocycles. The van der Waals surface area contributed by atoms with Gasteiger partial charge in [-0.05, 0) is 25.2 Å². The van der Waals surface area contributed by atoms with Gasteiger partial charge in [0, 0.05) is 17.9 Å². The number of carbonyl (C=O) groups excluding carboxylic acids is 1. The largest absolute Gasteiger partial charge is 0.463 e. The molecule has 0 aromatic carbocycles. The van der Waals surface area contributed by atoms with Crippen LogP contribution in [0.1, 0.15) is 33.1 Å². The highest BCUT2D eigenvalue weighted by Gasteiger charge is 2.05. The maximum Gasteiger partial charge on any atom is 0.331 e. The Morgan fingerprint density at radius 2 is 2.20 bits per heavy atom. The van der Waals surface area contributed by atoms with Crippen molar-refractivity contribution in [1.29, 1.82) is 0 Å². The van der Waals surface area contributed by atoms with Crippen LogP contribution in [0.4, 0.5) is 0 Å². The van der Waals surface area contributed by atoms with Crippen molar-refractivity contribution in [2.45, 2.75) is 38.4 Å². The molecule has 4 heteroatoms. The van der Waals surface area contributed by atoms with Crippen LogP contribution in [0.3, 0.4) is 0 Å². The fourth-order valence-electron chi connectivity index (χ4n) is 1.14. The van der Waals surface area contributed by atoms with Crippen molar-refractivity contribution in [2.24, 2.45) is 0 Å². The van der Waals surface area contributed by atoms with Crippen molar-refractivity contribution < 1.29 is 14.6 Å². The van der Waals surface area contributed by atoms with E-state index in [9.17, 15) is 4.79 Å². The smallest absolute Gasteiger partial charge is 0.331 e. The molecular formula is C11H20O3S. The van der Waals surface area contributed by atoms with Crippen molar-refractivity contribution in [2.75, 3.05) is 13.2 Å². The maximum absolute atomic E-state index is 11.0. The van der Waals surface area contributed by atoms with E-state index in [1.54, 1.807) is 24.1 Å². The highest BCUT2D eigenvalue weighted by Crippen LogP contribution is 2.20. The number of rotatable bonds is 8. The van der Waals surface area contributed by atoms with Crippen molar-refractivity contribution in [3.05, 3.63) is 11.5 Å². The van der Waals surface area contributed by atoms with E-state index in [-0.39, 0.29) is 12.6 Å². The molecule has 15 heavy (non-hydrogen) atoms. The van der Waals surface area contributed by atoms with Gasteiger partial charge < -0.3 is 9.84 Å². The fourth-order valence-corrected chi connectivity index (χ4v) is 2.17. The molecule has 0 spiro atoms. The van der Waals surface area contributed by atoms with Gasteiger partial charge in [0.15, 0.2) is 0 Å². The molecular weight excluding hydrogens is 212 g/mol. The molecule has 0 aliphatic carbocycles. The predicted octanol–water partition coefficient (Wildman–Crippen LogP) is 2.35. The van der Waals surface area contributed by atoms with Gasteiger partial charge in [-0.25, -0.2) is 4.79 Å². The molecule has 1 unspecified atom stereocenters. The van der Waals surface area contributed by atoms with Gasteiger partial charge >= 0.3 is 5.97 Å². The SMILES string of the molecule is CCCC(CCO)S/C=C/C(=O)OCC. The number of hydrogen-bond donors (Lipinski definition) is 1. The minimum atomic E-state index is -0.302. The van der Waals surface area contributed by atoms with Gasteiger partial charge in [-0.1, -0.05) is 13.3 Å². The van der Waals surface area contributed by atoms with Crippen LogP contribution in [0.5, 0.6) is 0 Å². The number of thioether (sulfide) groups is 1. The average molecular weight is 232 g/mol. The van der Waals surface area contributed by atoms with E-state index in [2.05, 4.69) is 6.92 Å². The summed E-state index contributed by atoms with van der Waals surface area (Å²) in [6.45, 7) is 4.50. The first-order chi connectivity index (χ1) is 7.24. The monoisotopic (exact) mass is 232 g/mol. The van der Waals surface area contributed by atoms with Crippen LogP contribution in [0.2, 0.25) is 0 Å². The Morgan fingerprint density at radius 3 is 2.73 bits per heavy atom. The summed E-state index contributed by atoms with van der Waals surface area (Å²) in [4.78, 5) is 11.0. The molecule has 1 N–H and O–H groups in total. The second-order valence-electron chi connectivity index (χ2n) is 3.11. The standard InChI is InChI=1S/C11H20O3S/c1-3-5-10(6-8-12)15-9-7-11(13)14-4-2/h7,9-10,12H,3-6,8H2,1-2H3/b9-7+. The average Bonchev–Trinajstić information content (AvgIpc) is 2.19. The molecule has 0 rings (SSSR count). The Hall–Kier alpha value is -0.480. The number of carbonyl (C=O) groups is 1. The van der Waals surface area contributed by atoms with Crippen LogP contribution in [0.25, 0.3) is 0 Å². The van der Waals surface area contributed by atoms with Crippen molar-refractivity contribution in [1.82, 2.24) is 0 Å². The fraction of sp³-hybridized carbons (Fsp3) is 0.727. The van der Waals surface area contributed by atoms with Crippen LogP contribution in [-0.2, 0) is 9.53 Å². The third-order valence-corrected chi connectivity index (χ3v) is 2.97. The van der Waals surface area contributed by atoms with Gasteiger partial charge in [0.2, 0.25) is 0 Å². The maximum atomic E-state index is 11.0. The van der Waals surface area contributed by atoms with E-state index >= 15 is 0 Å². The Bertz CT molecular complexity index is 186. The van der Waals surface area contributed by atoms with Gasteiger partial charge in [-0.15, -0.1) is 11.8 Å². The lowest BCUT2D eigenvalue weighted by molar-refractivity contribution is -0.137. The molecule has 0 bridgehead atoms. The summed E-state index contributed by atoms with van der Waals surface area (Å²) in [6.07, 6.45) is 4.35. The van der Waals surface area contributed by atoms with E-state index < -0.39 is 0 Å². The minimum Gasteiger partial charge on any atom is -0.463 e. The molecule has 88 valence electrons. The van der Waals surface area contributed by atoms with Crippen LogP contribution < -0.4 is 0 Å². The predicted molar refractivity (Wildman–Crippen MR) is 63.8 cm³/mol. The Labute approximate surface area is 95.9 Å². The second-order valence-corrected chi connectivity index (χ2v) is 4.32. The summed E-state index contributed by atoms with van der Waals surface area (Å²) in [5.41, 5.74) is 0. The van der Waals surface area contributed by atoms with Gasteiger partial charge in [0.05, 0.1) is 6.61 Å². The quantitative estimate of drug-likeness (QED) is 0.515. The summed E-state index contributed by atoms with van der Waals surface area (Å²) in [5, 5.41) is 11.0. The van der Waals surface area contributed by atoms with Crippen molar-refractivity contribution >= 4 is 17.7 Å². The van der Waals surface area contributed by atoms with Crippen molar-refractivity contribution in [3.63, 3.8) is 0 Å². The summed E-state index contributed by atoms with van der Waals surface area (Å²) in [7, 11) is 0. The highest BCUT2D eigenvalue weighted by molar-refractivity contribution is 8.02. The third-order valence-electron chi connectivity index (χ3n) is 1.82. The highest BCUT2D eigenvalue weighted by atomic mass is 32.2. The number of aliphatic hydroxyl groups excluding tert-OH is 1. The van der Waals surface area contributed by atoms with Gasteiger partial charge in [-0.2, -0.15) is 0 Å². The zero-order valence-electron chi connectivity index (χ0n) is 9.44. The second kappa shape index (κ2) is 10.1. The van der Waals surface area contributed by atoms with Crippen LogP contribution in [-0.4, -0.2) is 29.5 Å². The topological polar surface area (TPSA) is 46.5 Å². The first-order valence-corrected chi connectivity index (χ1v) is 6.28. The molecule has 0 heterocycles. The molecule has 3 nitrogen and oxygen atoms in total. The Morgan fingerprint density at radius 1 is 1.47 bits per heavy atom. The molecule has 0 radical (unpaired) electrons. The molecule has 0 fully saturated rings. The first kappa shape index (κ1) is 14.5. The normalized spacial score (nSPS) is 13.0. The molecule has 0 saturated heterocycles. The van der Waals surface area contributed by atoms with E-state index in [4.69, 9.17) is 9.84 Å². The Kier molecular flexibility index (Phi) is 9.73. The van der Waals surface area contributed by atoms with Crippen LogP contribution in [0.15, 0.2) is 11.5 Å². The number of ether oxygens (including phenoxy) is 1. The van der Waals surface area contributed by atoms with E-state index in [0.717, 1.165) is 19.3 Å². The lowest BCUT2D eigenvalue weighted by atomic mass is 10.2. The summed E-state index contributed by atoms with van der Waals surface area (Å²) in [6, 6.07) is 0.